The van der Waals surface area contributed by atoms with Gasteiger partial charge in [-0.1, -0.05) is 11.8 Å². The van der Waals surface area contributed by atoms with E-state index in [-0.39, 0.29) is 18.3 Å². The van der Waals surface area contributed by atoms with Crippen molar-refractivity contribution in [2.24, 2.45) is 0 Å². The summed E-state index contributed by atoms with van der Waals surface area (Å²) in [5.74, 6) is -1.58. The molecular weight excluding hydrogens is 416 g/mol. The van der Waals surface area contributed by atoms with E-state index >= 15 is 0 Å². The van der Waals surface area contributed by atoms with Crippen molar-refractivity contribution in [2.45, 2.75) is 19.0 Å². The molecule has 0 saturated heterocycles. The van der Waals surface area contributed by atoms with Gasteiger partial charge in [0.2, 0.25) is 6.79 Å². The summed E-state index contributed by atoms with van der Waals surface area (Å²) in [6.07, 6.45) is 0. The number of carbonyl (C=O) groups excluding carboxylic acids is 1. The number of aliphatic carboxylic acids is 2. The van der Waals surface area contributed by atoms with E-state index in [4.69, 9.17) is 29.3 Å². The number of carboxylic acid groups (broad SMARTS) is 2. The van der Waals surface area contributed by atoms with Crippen LogP contribution in [0.2, 0.25) is 0 Å². The zero-order valence-corrected chi connectivity index (χ0v) is 16.7. The van der Waals surface area contributed by atoms with Crippen molar-refractivity contribution >= 4 is 35.3 Å². The minimum absolute atomic E-state index is 0.00669. The predicted octanol–water partition coefficient (Wildman–Crippen LogP) is 1.60. The van der Waals surface area contributed by atoms with Gasteiger partial charge in [-0.25, -0.2) is 14.6 Å². The molecule has 0 aliphatic carbocycles. The fraction of sp³-hybridized carbons (Fsp3) is 0.222. The first-order valence-electron chi connectivity index (χ1n) is 8.47. The third-order valence-corrected chi connectivity index (χ3v) is 4.80. The molecule has 0 amide bonds. The molecule has 12 heteroatoms. The lowest BCUT2D eigenvalue weighted by Crippen LogP contribution is -2.09. The van der Waals surface area contributed by atoms with Crippen molar-refractivity contribution in [3.8, 4) is 11.5 Å². The van der Waals surface area contributed by atoms with E-state index in [1.54, 1.807) is 18.2 Å². The van der Waals surface area contributed by atoms with Crippen molar-refractivity contribution in [1.29, 1.82) is 0 Å². The van der Waals surface area contributed by atoms with Gasteiger partial charge in [0.25, 0.3) is 5.78 Å². The Morgan fingerprint density at radius 3 is 2.47 bits per heavy atom. The summed E-state index contributed by atoms with van der Waals surface area (Å²) in [4.78, 5) is 35.0. The molecule has 0 bridgehead atoms. The second-order valence-corrected chi connectivity index (χ2v) is 6.99. The molecule has 0 radical (unpaired) electrons. The van der Waals surface area contributed by atoms with E-state index < -0.39 is 11.9 Å². The summed E-state index contributed by atoms with van der Waals surface area (Å²) in [7, 11) is 0. The Labute approximate surface area is 173 Å². The van der Waals surface area contributed by atoms with Crippen LogP contribution in [0.1, 0.15) is 21.7 Å². The van der Waals surface area contributed by atoms with Gasteiger partial charge in [-0.2, -0.15) is 0 Å². The molecule has 0 fully saturated rings. The number of nitrogens with zero attached hydrogens (tertiary/aromatic N) is 4. The average Bonchev–Trinajstić information content (AvgIpc) is 3.32. The highest BCUT2D eigenvalue weighted by atomic mass is 32.2. The summed E-state index contributed by atoms with van der Waals surface area (Å²) in [6.45, 7) is 4.07. The summed E-state index contributed by atoms with van der Waals surface area (Å²) in [5, 5.41) is 23.6. The number of aryl methyl sites for hydroxylation is 2. The van der Waals surface area contributed by atoms with Crippen LogP contribution < -0.4 is 9.47 Å². The quantitative estimate of drug-likeness (QED) is 0.351. The zero-order valence-electron chi connectivity index (χ0n) is 15.9. The second kappa shape index (κ2) is 8.78. The van der Waals surface area contributed by atoms with Crippen LogP contribution in [0.25, 0.3) is 5.78 Å². The molecule has 1 aliphatic rings. The van der Waals surface area contributed by atoms with E-state index in [0.717, 1.165) is 11.4 Å². The normalized spacial score (nSPS) is 11.7. The van der Waals surface area contributed by atoms with Crippen LogP contribution in [-0.2, 0) is 9.59 Å². The number of carboxylic acids is 2. The lowest BCUT2D eigenvalue weighted by atomic mass is 10.1. The van der Waals surface area contributed by atoms with Crippen LogP contribution in [-0.4, -0.2) is 60.1 Å². The third-order valence-electron chi connectivity index (χ3n) is 3.87. The van der Waals surface area contributed by atoms with Gasteiger partial charge in [0.05, 0.1) is 5.75 Å². The minimum Gasteiger partial charge on any atom is -0.473 e. The van der Waals surface area contributed by atoms with Crippen LogP contribution in [0.3, 0.4) is 0 Å². The van der Waals surface area contributed by atoms with Crippen LogP contribution in [0, 0.1) is 13.8 Å². The predicted molar refractivity (Wildman–Crippen MR) is 103 cm³/mol. The number of hydrogen-bond donors (Lipinski definition) is 2. The first-order chi connectivity index (χ1) is 14.3. The van der Waals surface area contributed by atoms with Crippen molar-refractivity contribution in [3.05, 3.63) is 41.2 Å². The van der Waals surface area contributed by atoms with Gasteiger partial charge in [0.15, 0.2) is 22.4 Å². The molecule has 0 unspecified atom stereocenters. The highest BCUT2D eigenvalue weighted by Gasteiger charge is 2.17. The van der Waals surface area contributed by atoms with Crippen molar-refractivity contribution in [3.63, 3.8) is 0 Å². The number of ether oxygens (including phenoxy) is 2. The van der Waals surface area contributed by atoms with Gasteiger partial charge in [-0.15, -0.1) is 10.2 Å². The summed E-state index contributed by atoms with van der Waals surface area (Å²) < 4.78 is 12.4. The largest absolute Gasteiger partial charge is 0.473 e. The van der Waals surface area contributed by atoms with Gasteiger partial charge in [-0.3, -0.25) is 9.20 Å². The SMILES string of the molecule is Cc1cc(C)n2c(SCC(=O)c3ccc4c(c3)OCO4)nnc2n1.O=C(O)C(=O)O. The van der Waals surface area contributed by atoms with Gasteiger partial charge in [-0.05, 0) is 38.1 Å². The molecular formula is C18H16N4O7S. The fourth-order valence-electron chi connectivity index (χ4n) is 2.58. The molecule has 2 N–H and O–H groups in total. The lowest BCUT2D eigenvalue weighted by molar-refractivity contribution is -0.159. The Morgan fingerprint density at radius 2 is 1.77 bits per heavy atom. The third kappa shape index (κ3) is 4.66. The number of benzene rings is 1. The number of fused-ring (bicyclic) bond motifs is 2. The molecule has 0 atom stereocenters. The van der Waals surface area contributed by atoms with Crippen LogP contribution in [0.15, 0.2) is 29.4 Å². The summed E-state index contributed by atoms with van der Waals surface area (Å²) in [5.41, 5.74) is 2.46. The van der Waals surface area contributed by atoms with E-state index in [0.29, 0.717) is 28.0 Å². The number of Topliss-reactive ketones (excluding diaryl/α,β-unsaturated/α-hetero) is 1. The number of aromatic nitrogens is 4. The Kier molecular flexibility index (Phi) is 6.16. The molecule has 3 heterocycles. The molecule has 1 aliphatic heterocycles. The van der Waals surface area contributed by atoms with Gasteiger partial charge in [0, 0.05) is 17.0 Å². The van der Waals surface area contributed by atoms with Crippen molar-refractivity contribution < 1.29 is 34.1 Å². The molecule has 2 aromatic heterocycles. The number of ketones is 1. The van der Waals surface area contributed by atoms with E-state index in [9.17, 15) is 4.79 Å². The van der Waals surface area contributed by atoms with E-state index in [1.807, 2.05) is 24.3 Å². The maximum absolute atomic E-state index is 12.4. The Bertz CT molecular complexity index is 1130. The summed E-state index contributed by atoms with van der Waals surface area (Å²) >= 11 is 1.34. The van der Waals surface area contributed by atoms with Crippen LogP contribution in [0.5, 0.6) is 11.5 Å². The lowest BCUT2D eigenvalue weighted by Gasteiger charge is -2.04. The first-order valence-corrected chi connectivity index (χ1v) is 9.46. The molecule has 30 heavy (non-hydrogen) atoms. The number of hydrogen-bond acceptors (Lipinski definition) is 9. The standard InChI is InChI=1S/C16H14N4O3S.C2H2O4/c1-9-5-10(2)20-15(17-9)18-19-16(20)24-7-12(21)11-3-4-13-14(6-11)23-8-22-13;3-1(4)2(5)6/h3-6H,7-8H2,1-2H3;(H,3,4)(H,5,6). The van der Waals surface area contributed by atoms with E-state index in [2.05, 4.69) is 15.2 Å². The Balaban J connectivity index is 0.000000377. The topological polar surface area (TPSA) is 153 Å². The number of rotatable bonds is 4. The minimum atomic E-state index is -1.82. The van der Waals surface area contributed by atoms with Crippen molar-refractivity contribution in [1.82, 2.24) is 19.6 Å². The van der Waals surface area contributed by atoms with E-state index in [1.165, 1.54) is 11.8 Å². The van der Waals surface area contributed by atoms with Crippen LogP contribution >= 0.6 is 11.8 Å². The maximum atomic E-state index is 12.4. The zero-order chi connectivity index (χ0) is 21.8. The maximum Gasteiger partial charge on any atom is 0.414 e. The molecule has 0 spiro atoms. The highest BCUT2D eigenvalue weighted by molar-refractivity contribution is 7.99. The van der Waals surface area contributed by atoms with Gasteiger partial charge in [0.1, 0.15) is 0 Å². The fourth-order valence-corrected chi connectivity index (χ4v) is 3.46. The Hall–Kier alpha value is -3.67. The molecule has 0 saturated carbocycles. The molecule has 1 aromatic carbocycles. The second-order valence-electron chi connectivity index (χ2n) is 6.05. The van der Waals surface area contributed by atoms with Crippen LogP contribution in [0.4, 0.5) is 0 Å². The first kappa shape index (κ1) is 21.0. The van der Waals surface area contributed by atoms with Gasteiger partial charge >= 0.3 is 11.9 Å². The Morgan fingerprint density at radius 1 is 1.07 bits per heavy atom. The number of carbonyl (C=O) groups is 3. The average molecular weight is 432 g/mol. The highest BCUT2D eigenvalue weighted by Crippen LogP contribution is 2.33. The summed E-state index contributed by atoms with van der Waals surface area (Å²) in [6, 6.07) is 7.17. The van der Waals surface area contributed by atoms with Gasteiger partial charge < -0.3 is 19.7 Å². The molecule has 4 rings (SSSR count). The smallest absolute Gasteiger partial charge is 0.414 e. The molecule has 3 aromatic rings. The van der Waals surface area contributed by atoms with Crippen molar-refractivity contribution in [2.75, 3.05) is 12.5 Å². The monoisotopic (exact) mass is 432 g/mol. The number of thioether (sulfide) groups is 1. The molecule has 156 valence electrons. The molecule has 11 nitrogen and oxygen atoms in total.